The van der Waals surface area contributed by atoms with Gasteiger partial charge in [0.1, 0.15) is 0 Å². The van der Waals surface area contributed by atoms with Gasteiger partial charge in [0.25, 0.3) is 0 Å². The Balaban J connectivity index is 2.07. The van der Waals surface area contributed by atoms with Crippen LogP contribution < -0.4 is 0 Å². The first kappa shape index (κ1) is 25.9. The van der Waals surface area contributed by atoms with Crippen LogP contribution in [0.2, 0.25) is 0 Å². The second-order valence-electron chi connectivity index (χ2n) is 10.2. The van der Waals surface area contributed by atoms with E-state index in [1.54, 1.807) is 0 Å². The van der Waals surface area contributed by atoms with Crippen LogP contribution in [0.4, 0.5) is 0 Å². The van der Waals surface area contributed by atoms with Crippen molar-refractivity contribution in [1.82, 2.24) is 0 Å². The summed E-state index contributed by atoms with van der Waals surface area (Å²) in [4.78, 5) is 0. The summed E-state index contributed by atoms with van der Waals surface area (Å²) in [5.74, 6) is 1.42. The zero-order valence-electron chi connectivity index (χ0n) is 21.1. The molecule has 4 rings (SSSR count). The Bertz CT molecular complexity index is 1170. The number of hydrogen-bond acceptors (Lipinski definition) is 0. The summed E-state index contributed by atoms with van der Waals surface area (Å²) in [6.07, 6.45) is 3.54. The van der Waals surface area contributed by atoms with Crippen molar-refractivity contribution in [3.05, 3.63) is 88.5 Å². The molecule has 1 aliphatic carbocycles. The molecule has 34 heavy (non-hydrogen) atoms. The van der Waals surface area contributed by atoms with Crippen molar-refractivity contribution in [2.75, 3.05) is 0 Å². The Morgan fingerprint density at radius 3 is 1.94 bits per heavy atom. The quantitative estimate of drug-likeness (QED) is 0.265. The van der Waals surface area contributed by atoms with E-state index in [-0.39, 0.29) is 3.63 Å². The molecule has 0 radical (unpaired) electrons. The van der Waals surface area contributed by atoms with E-state index in [1.807, 2.05) is 0 Å². The SMILES string of the molecule is CCC(C)C1=Cc2c(ccc(-c3ccccc3)c2-c2cc(C(C)C)cc(C(C)C)c2)[CH]1[Zr]([Cl])[Cl]. The molecule has 0 saturated carbocycles. The van der Waals surface area contributed by atoms with Crippen molar-refractivity contribution < 1.29 is 19.4 Å². The molecule has 0 heterocycles. The third-order valence-corrected chi connectivity index (χ3v) is 12.6. The van der Waals surface area contributed by atoms with Crippen molar-refractivity contribution in [3.63, 3.8) is 0 Å². The Labute approximate surface area is 221 Å². The standard InChI is InChI=1S/C31H35.2ClH.Zr/c1-7-22(6)27-15-24-13-14-29(23-11-9-8-10-12-23)31(30(24)19-27)28-17-25(20(2)3)16-26(18-28)21(4)5;;;/h8-22H,7H2,1-6H3;2*1H;/q;;;+2/p-2. The Morgan fingerprint density at radius 2 is 1.41 bits per heavy atom. The van der Waals surface area contributed by atoms with Crippen molar-refractivity contribution in [2.24, 2.45) is 5.92 Å². The molecule has 3 aromatic rings. The van der Waals surface area contributed by atoms with E-state index in [2.05, 4.69) is 108 Å². The van der Waals surface area contributed by atoms with Gasteiger partial charge >= 0.3 is 223 Å². The van der Waals surface area contributed by atoms with Crippen molar-refractivity contribution >= 4 is 23.1 Å². The third-order valence-electron chi connectivity index (χ3n) is 7.32. The van der Waals surface area contributed by atoms with Crippen molar-refractivity contribution in [3.8, 4) is 22.3 Å². The van der Waals surface area contributed by atoms with E-state index in [0.717, 1.165) is 6.42 Å². The normalized spacial score (nSPS) is 16.1. The molecule has 0 spiro atoms. The molecule has 0 bridgehead atoms. The predicted molar refractivity (Wildman–Crippen MR) is 147 cm³/mol. The van der Waals surface area contributed by atoms with Crippen LogP contribution in [-0.4, -0.2) is 0 Å². The van der Waals surface area contributed by atoms with Crippen LogP contribution in [0.15, 0.2) is 66.2 Å². The van der Waals surface area contributed by atoms with Gasteiger partial charge in [0, 0.05) is 0 Å². The summed E-state index contributed by atoms with van der Waals surface area (Å²) < 4.78 is 0.233. The Morgan fingerprint density at radius 1 is 0.794 bits per heavy atom. The topological polar surface area (TPSA) is 0 Å². The number of rotatable bonds is 7. The van der Waals surface area contributed by atoms with E-state index < -0.39 is 19.4 Å². The molecule has 3 aromatic carbocycles. The van der Waals surface area contributed by atoms with Gasteiger partial charge in [0.2, 0.25) is 0 Å². The molecule has 2 atom stereocenters. The van der Waals surface area contributed by atoms with Gasteiger partial charge in [-0.2, -0.15) is 0 Å². The first-order valence-electron chi connectivity index (χ1n) is 12.5. The van der Waals surface area contributed by atoms with Gasteiger partial charge < -0.3 is 0 Å². The number of allylic oxidation sites excluding steroid dienone is 1. The third kappa shape index (κ3) is 5.04. The molecule has 0 fully saturated rings. The summed E-state index contributed by atoms with van der Waals surface area (Å²) >= 11 is -2.59. The van der Waals surface area contributed by atoms with Gasteiger partial charge in [0.05, 0.1) is 0 Å². The molecule has 0 N–H and O–H groups in total. The van der Waals surface area contributed by atoms with E-state index in [9.17, 15) is 0 Å². The number of halogens is 2. The van der Waals surface area contributed by atoms with Crippen LogP contribution in [-0.2, 0) is 19.4 Å². The molecule has 177 valence electrons. The van der Waals surface area contributed by atoms with Crippen molar-refractivity contribution in [2.45, 2.75) is 63.4 Å². The second kappa shape index (κ2) is 10.9. The fourth-order valence-corrected chi connectivity index (χ4v) is 10.6. The first-order chi connectivity index (χ1) is 16.2. The molecule has 3 heteroatoms. The zero-order chi connectivity index (χ0) is 24.6. The average Bonchev–Trinajstić information content (AvgIpc) is 3.23. The van der Waals surface area contributed by atoms with E-state index in [4.69, 9.17) is 17.0 Å². The summed E-state index contributed by atoms with van der Waals surface area (Å²) in [6, 6.07) is 22.6. The minimum absolute atomic E-state index is 0.233. The minimum atomic E-state index is -2.59. The van der Waals surface area contributed by atoms with Crippen LogP contribution in [0.1, 0.15) is 85.7 Å². The Hall–Kier alpha value is -1.14. The summed E-state index contributed by atoms with van der Waals surface area (Å²) in [5.41, 5.74) is 12.1. The van der Waals surface area contributed by atoms with Crippen LogP contribution >= 0.6 is 17.0 Å². The fraction of sp³-hybridized carbons (Fsp3) is 0.355. The Kier molecular flexibility index (Phi) is 8.29. The number of benzene rings is 3. The molecular formula is C31H35Cl2Zr. The van der Waals surface area contributed by atoms with E-state index in [0.29, 0.717) is 17.8 Å². The van der Waals surface area contributed by atoms with Gasteiger partial charge in [-0.3, -0.25) is 0 Å². The second-order valence-corrected chi connectivity index (χ2v) is 19.0. The summed E-state index contributed by atoms with van der Waals surface area (Å²) in [7, 11) is 13.6. The van der Waals surface area contributed by atoms with Gasteiger partial charge in [-0.1, -0.05) is 0 Å². The molecule has 1 aliphatic rings. The molecule has 0 saturated heterocycles. The predicted octanol–water partition coefficient (Wildman–Crippen LogP) is 10.7. The van der Waals surface area contributed by atoms with E-state index >= 15 is 0 Å². The summed E-state index contributed by atoms with van der Waals surface area (Å²) in [6.45, 7) is 13.7. The van der Waals surface area contributed by atoms with Gasteiger partial charge in [-0.15, -0.1) is 0 Å². The van der Waals surface area contributed by atoms with Crippen LogP contribution in [0.25, 0.3) is 28.3 Å². The first-order valence-corrected chi connectivity index (χ1v) is 20.2. The number of hydrogen-bond donors (Lipinski definition) is 0. The molecule has 0 aliphatic heterocycles. The van der Waals surface area contributed by atoms with Gasteiger partial charge in [0.15, 0.2) is 0 Å². The van der Waals surface area contributed by atoms with Crippen LogP contribution in [0, 0.1) is 5.92 Å². The monoisotopic (exact) mass is 567 g/mol. The average molecular weight is 570 g/mol. The molecular weight excluding hydrogens is 534 g/mol. The van der Waals surface area contributed by atoms with Gasteiger partial charge in [-0.05, 0) is 0 Å². The zero-order valence-corrected chi connectivity index (χ0v) is 25.1. The molecule has 0 aromatic heterocycles. The maximum absolute atomic E-state index is 6.82. The van der Waals surface area contributed by atoms with Gasteiger partial charge in [-0.25, -0.2) is 0 Å². The molecule has 2 unspecified atom stereocenters. The molecule has 0 amide bonds. The summed E-state index contributed by atoms with van der Waals surface area (Å²) in [5, 5.41) is 0. The van der Waals surface area contributed by atoms with Crippen LogP contribution in [0.3, 0.4) is 0 Å². The van der Waals surface area contributed by atoms with Crippen molar-refractivity contribution in [1.29, 1.82) is 0 Å². The number of fused-ring (bicyclic) bond motifs is 1. The maximum atomic E-state index is 6.82. The fourth-order valence-electron chi connectivity index (χ4n) is 5.04. The van der Waals surface area contributed by atoms with E-state index in [1.165, 1.54) is 50.1 Å². The van der Waals surface area contributed by atoms with Crippen LogP contribution in [0.5, 0.6) is 0 Å². The molecule has 0 nitrogen and oxygen atoms in total.